The summed E-state index contributed by atoms with van der Waals surface area (Å²) in [6, 6.07) is 10.5. The van der Waals surface area contributed by atoms with E-state index in [0.29, 0.717) is 16.1 Å². The van der Waals surface area contributed by atoms with Gasteiger partial charge in [-0.1, -0.05) is 29.8 Å². The Bertz CT molecular complexity index is 1030. The topological polar surface area (TPSA) is 101 Å². The predicted molar refractivity (Wildman–Crippen MR) is 104 cm³/mol. The average molecular weight is 424 g/mol. The van der Waals surface area contributed by atoms with Gasteiger partial charge in [-0.3, -0.25) is 14.9 Å². The number of non-ortho nitro benzene ring substituents is 1. The van der Waals surface area contributed by atoms with E-state index < -0.39 is 14.9 Å². The van der Waals surface area contributed by atoms with Crippen LogP contribution in [0.15, 0.2) is 47.4 Å². The first-order valence-electron chi connectivity index (χ1n) is 8.51. The summed E-state index contributed by atoms with van der Waals surface area (Å²) in [5.74, 6) is -0.255. The number of carbonyl (C=O) groups excluding carboxylic acids is 1. The first-order chi connectivity index (χ1) is 13.2. The number of carbonyl (C=O) groups is 1. The second-order valence-electron chi connectivity index (χ2n) is 6.38. The summed E-state index contributed by atoms with van der Waals surface area (Å²) < 4.78 is 27.2. The Labute approximate surface area is 167 Å². The van der Waals surface area contributed by atoms with Crippen LogP contribution in [0.25, 0.3) is 0 Å². The highest BCUT2D eigenvalue weighted by Gasteiger charge is 2.32. The maximum Gasteiger partial charge on any atom is 0.270 e. The van der Waals surface area contributed by atoms with Crippen LogP contribution in [0.4, 0.5) is 5.69 Å². The van der Waals surface area contributed by atoms with E-state index in [0.717, 1.165) is 6.07 Å². The lowest BCUT2D eigenvalue weighted by Crippen LogP contribution is -2.50. The van der Waals surface area contributed by atoms with Crippen LogP contribution < -0.4 is 0 Å². The van der Waals surface area contributed by atoms with Gasteiger partial charge < -0.3 is 4.90 Å². The molecule has 0 aromatic heterocycles. The third-order valence-electron chi connectivity index (χ3n) is 4.63. The van der Waals surface area contributed by atoms with Crippen LogP contribution in [0.3, 0.4) is 0 Å². The van der Waals surface area contributed by atoms with Crippen LogP contribution in [0, 0.1) is 17.0 Å². The highest BCUT2D eigenvalue weighted by atomic mass is 35.5. The number of amides is 1. The van der Waals surface area contributed by atoms with E-state index in [4.69, 9.17) is 11.6 Å². The molecule has 1 heterocycles. The molecule has 0 unspecified atom stereocenters. The molecular weight excluding hydrogens is 406 g/mol. The molecule has 28 heavy (non-hydrogen) atoms. The Hall–Kier alpha value is -2.49. The van der Waals surface area contributed by atoms with Crippen LogP contribution in [0.2, 0.25) is 5.02 Å². The van der Waals surface area contributed by atoms with Crippen molar-refractivity contribution in [3.8, 4) is 0 Å². The molecule has 0 spiro atoms. The number of rotatable bonds is 4. The SMILES string of the molecule is Cc1ccc([N+](=O)[O-])cc1S(=O)(=O)N1CCN(C(=O)c2ccccc2Cl)CC1. The normalized spacial score (nSPS) is 15.4. The minimum absolute atomic E-state index is 0.0902. The summed E-state index contributed by atoms with van der Waals surface area (Å²) in [6.07, 6.45) is 0. The van der Waals surface area contributed by atoms with Crippen molar-refractivity contribution in [1.82, 2.24) is 9.21 Å². The van der Waals surface area contributed by atoms with E-state index in [1.165, 1.54) is 16.4 Å². The number of sulfonamides is 1. The number of hydrogen-bond acceptors (Lipinski definition) is 5. The van der Waals surface area contributed by atoms with E-state index in [9.17, 15) is 23.3 Å². The molecular formula is C18H18ClN3O5S. The minimum atomic E-state index is -3.91. The molecule has 1 fully saturated rings. The van der Waals surface area contributed by atoms with Crippen molar-refractivity contribution >= 4 is 33.2 Å². The Morgan fingerprint density at radius 3 is 2.36 bits per heavy atom. The minimum Gasteiger partial charge on any atom is -0.336 e. The monoisotopic (exact) mass is 423 g/mol. The van der Waals surface area contributed by atoms with E-state index >= 15 is 0 Å². The number of aryl methyl sites for hydroxylation is 1. The molecule has 1 amide bonds. The molecule has 0 bridgehead atoms. The lowest BCUT2D eigenvalue weighted by atomic mass is 10.2. The third kappa shape index (κ3) is 3.87. The fourth-order valence-electron chi connectivity index (χ4n) is 3.06. The number of piperazine rings is 1. The molecule has 2 aromatic carbocycles. The van der Waals surface area contributed by atoms with E-state index in [-0.39, 0.29) is 42.7 Å². The fraction of sp³-hybridized carbons (Fsp3) is 0.278. The summed E-state index contributed by atoms with van der Waals surface area (Å²) >= 11 is 6.07. The maximum absolute atomic E-state index is 13.0. The highest BCUT2D eigenvalue weighted by molar-refractivity contribution is 7.89. The highest BCUT2D eigenvalue weighted by Crippen LogP contribution is 2.26. The number of nitro groups is 1. The lowest BCUT2D eigenvalue weighted by molar-refractivity contribution is -0.385. The predicted octanol–water partition coefficient (Wildman–Crippen LogP) is 2.70. The molecule has 148 valence electrons. The summed E-state index contributed by atoms with van der Waals surface area (Å²) in [5.41, 5.74) is 0.520. The van der Waals surface area contributed by atoms with Gasteiger partial charge >= 0.3 is 0 Å². The van der Waals surface area contributed by atoms with Gasteiger partial charge in [0.05, 0.1) is 20.4 Å². The van der Waals surface area contributed by atoms with Crippen LogP contribution in [0.1, 0.15) is 15.9 Å². The van der Waals surface area contributed by atoms with E-state index in [2.05, 4.69) is 0 Å². The van der Waals surface area contributed by atoms with Crippen LogP contribution in [-0.2, 0) is 10.0 Å². The largest absolute Gasteiger partial charge is 0.336 e. The van der Waals surface area contributed by atoms with Crippen molar-refractivity contribution in [2.45, 2.75) is 11.8 Å². The molecule has 2 aromatic rings. The zero-order valence-corrected chi connectivity index (χ0v) is 16.6. The van der Waals surface area contributed by atoms with Gasteiger partial charge in [0.15, 0.2) is 0 Å². The summed E-state index contributed by atoms with van der Waals surface area (Å²) in [6.45, 7) is 2.20. The van der Waals surface area contributed by atoms with Crippen molar-refractivity contribution in [2.24, 2.45) is 0 Å². The molecule has 0 saturated carbocycles. The lowest BCUT2D eigenvalue weighted by Gasteiger charge is -2.34. The second kappa shape index (κ2) is 7.86. The molecule has 0 aliphatic carbocycles. The molecule has 3 rings (SSSR count). The number of nitro benzene ring substituents is 1. The fourth-order valence-corrected chi connectivity index (χ4v) is 4.94. The van der Waals surface area contributed by atoms with E-state index in [1.54, 1.807) is 36.1 Å². The number of halogens is 1. The van der Waals surface area contributed by atoms with Crippen molar-refractivity contribution in [3.63, 3.8) is 0 Å². The molecule has 1 saturated heterocycles. The Morgan fingerprint density at radius 1 is 1.11 bits per heavy atom. The number of benzene rings is 2. The van der Waals surface area contributed by atoms with Gasteiger partial charge in [0, 0.05) is 38.3 Å². The molecule has 10 heteroatoms. The Kier molecular flexibility index (Phi) is 5.69. The van der Waals surface area contributed by atoms with Gasteiger partial charge in [-0.2, -0.15) is 4.31 Å². The average Bonchev–Trinajstić information content (AvgIpc) is 2.68. The molecule has 1 aliphatic heterocycles. The van der Waals surface area contributed by atoms with Crippen LogP contribution in [0.5, 0.6) is 0 Å². The Morgan fingerprint density at radius 2 is 1.75 bits per heavy atom. The van der Waals surface area contributed by atoms with Gasteiger partial charge in [0.1, 0.15) is 0 Å². The molecule has 8 nitrogen and oxygen atoms in total. The summed E-state index contributed by atoms with van der Waals surface area (Å²) in [7, 11) is -3.91. The smallest absolute Gasteiger partial charge is 0.270 e. The molecule has 1 aliphatic rings. The van der Waals surface area contributed by atoms with Gasteiger partial charge in [-0.25, -0.2) is 8.42 Å². The standard InChI is InChI=1S/C18H18ClN3O5S/c1-13-6-7-14(22(24)25)12-17(13)28(26,27)21-10-8-20(9-11-21)18(23)15-4-2-3-5-16(15)19/h2-7,12H,8-11H2,1H3. The first-order valence-corrected chi connectivity index (χ1v) is 10.3. The van der Waals surface area contributed by atoms with Crippen LogP contribution >= 0.6 is 11.6 Å². The van der Waals surface area contributed by atoms with Gasteiger partial charge in [0.2, 0.25) is 10.0 Å². The Balaban J connectivity index is 1.77. The quantitative estimate of drug-likeness (QED) is 0.555. The van der Waals surface area contributed by atoms with Crippen molar-refractivity contribution in [3.05, 3.63) is 68.7 Å². The molecule has 0 N–H and O–H groups in total. The van der Waals surface area contributed by atoms with E-state index in [1.807, 2.05) is 0 Å². The summed E-state index contributed by atoms with van der Waals surface area (Å²) in [4.78, 5) is 24.4. The van der Waals surface area contributed by atoms with Crippen molar-refractivity contribution in [2.75, 3.05) is 26.2 Å². The van der Waals surface area contributed by atoms with Gasteiger partial charge in [0.25, 0.3) is 11.6 Å². The second-order valence-corrected chi connectivity index (χ2v) is 8.70. The first kappa shape index (κ1) is 20.2. The van der Waals surface area contributed by atoms with Crippen molar-refractivity contribution < 1.29 is 18.1 Å². The number of nitrogens with zero attached hydrogens (tertiary/aromatic N) is 3. The summed E-state index contributed by atoms with van der Waals surface area (Å²) in [5, 5.41) is 11.3. The molecule has 0 atom stereocenters. The zero-order chi connectivity index (χ0) is 20.5. The van der Waals surface area contributed by atoms with Gasteiger partial charge in [-0.05, 0) is 24.6 Å². The maximum atomic E-state index is 13.0. The van der Waals surface area contributed by atoms with Crippen molar-refractivity contribution in [1.29, 1.82) is 0 Å². The van der Waals surface area contributed by atoms with Crippen LogP contribution in [-0.4, -0.2) is 54.6 Å². The van der Waals surface area contributed by atoms with Gasteiger partial charge in [-0.15, -0.1) is 0 Å². The third-order valence-corrected chi connectivity index (χ3v) is 7.00. The number of hydrogen-bond donors (Lipinski definition) is 0. The molecule has 0 radical (unpaired) electrons. The zero-order valence-electron chi connectivity index (χ0n) is 15.0.